The molecule has 1 unspecified atom stereocenters. The SMILES string of the molecule is CCCCC/C=C\C=C\CC(CCCCCCCCCC)O[Si](C)(C)C(C)(C)C. The largest absolute Gasteiger partial charge is 0.414 e. The van der Waals surface area contributed by atoms with E-state index in [-0.39, 0.29) is 5.04 Å². The molecule has 29 heavy (non-hydrogen) atoms. The molecule has 0 aromatic carbocycles. The Morgan fingerprint density at radius 3 is 1.83 bits per heavy atom. The number of rotatable bonds is 18. The summed E-state index contributed by atoms with van der Waals surface area (Å²) in [5.74, 6) is 0. The van der Waals surface area contributed by atoms with E-state index in [2.05, 4.69) is 72.0 Å². The Kier molecular flexibility index (Phi) is 17.1. The summed E-state index contributed by atoms with van der Waals surface area (Å²) in [6, 6.07) is 0. The zero-order chi connectivity index (χ0) is 22.0. The molecular weight excluding hydrogens is 368 g/mol. The van der Waals surface area contributed by atoms with E-state index in [4.69, 9.17) is 4.43 Å². The van der Waals surface area contributed by atoms with E-state index in [0.717, 1.165) is 6.42 Å². The molecule has 0 spiro atoms. The zero-order valence-electron chi connectivity index (χ0n) is 21.2. The van der Waals surface area contributed by atoms with Gasteiger partial charge in [0.2, 0.25) is 0 Å². The molecule has 0 fully saturated rings. The Morgan fingerprint density at radius 1 is 0.724 bits per heavy atom. The quantitative estimate of drug-likeness (QED) is 0.121. The lowest BCUT2D eigenvalue weighted by Crippen LogP contribution is -2.43. The fourth-order valence-corrected chi connectivity index (χ4v) is 4.72. The molecular formula is C27H54OSi. The van der Waals surface area contributed by atoms with E-state index in [0.29, 0.717) is 6.10 Å². The maximum absolute atomic E-state index is 6.79. The van der Waals surface area contributed by atoms with E-state index >= 15 is 0 Å². The van der Waals surface area contributed by atoms with Crippen LogP contribution in [0.15, 0.2) is 24.3 Å². The smallest absolute Gasteiger partial charge is 0.192 e. The summed E-state index contributed by atoms with van der Waals surface area (Å²) in [4.78, 5) is 0. The van der Waals surface area contributed by atoms with Crippen molar-refractivity contribution in [1.82, 2.24) is 0 Å². The lowest BCUT2D eigenvalue weighted by molar-refractivity contribution is 0.170. The van der Waals surface area contributed by atoms with Gasteiger partial charge in [0.05, 0.1) is 0 Å². The van der Waals surface area contributed by atoms with Crippen molar-refractivity contribution in [2.45, 2.75) is 149 Å². The minimum absolute atomic E-state index is 0.285. The molecule has 0 heterocycles. The molecule has 0 saturated heterocycles. The van der Waals surface area contributed by atoms with Crippen LogP contribution in [0.1, 0.15) is 125 Å². The van der Waals surface area contributed by atoms with Crippen molar-refractivity contribution in [2.75, 3.05) is 0 Å². The summed E-state index contributed by atoms with van der Waals surface area (Å²) in [7, 11) is -1.70. The third kappa shape index (κ3) is 16.1. The highest BCUT2D eigenvalue weighted by atomic mass is 28.4. The van der Waals surface area contributed by atoms with Crippen LogP contribution in [0.5, 0.6) is 0 Å². The minimum atomic E-state index is -1.70. The van der Waals surface area contributed by atoms with Crippen molar-refractivity contribution in [2.24, 2.45) is 0 Å². The van der Waals surface area contributed by atoms with Gasteiger partial charge in [0.1, 0.15) is 0 Å². The summed E-state index contributed by atoms with van der Waals surface area (Å²) in [5.41, 5.74) is 0. The average molecular weight is 423 g/mol. The van der Waals surface area contributed by atoms with Crippen molar-refractivity contribution in [3.63, 3.8) is 0 Å². The summed E-state index contributed by atoms with van der Waals surface area (Å²) in [6.45, 7) is 16.4. The highest BCUT2D eigenvalue weighted by Gasteiger charge is 2.38. The van der Waals surface area contributed by atoms with Crippen LogP contribution in [0.4, 0.5) is 0 Å². The van der Waals surface area contributed by atoms with Gasteiger partial charge in [-0.3, -0.25) is 0 Å². The summed E-state index contributed by atoms with van der Waals surface area (Å²) in [5, 5.41) is 0.285. The van der Waals surface area contributed by atoms with E-state index in [1.54, 1.807) is 0 Å². The fourth-order valence-electron chi connectivity index (χ4n) is 3.32. The highest BCUT2D eigenvalue weighted by molar-refractivity contribution is 6.74. The summed E-state index contributed by atoms with van der Waals surface area (Å²) >= 11 is 0. The summed E-state index contributed by atoms with van der Waals surface area (Å²) in [6.07, 6.45) is 28.0. The first kappa shape index (κ1) is 28.7. The van der Waals surface area contributed by atoms with Crippen LogP contribution < -0.4 is 0 Å². The monoisotopic (exact) mass is 422 g/mol. The second-order valence-electron chi connectivity index (χ2n) is 10.4. The van der Waals surface area contributed by atoms with Gasteiger partial charge in [-0.25, -0.2) is 0 Å². The van der Waals surface area contributed by atoms with Gasteiger partial charge in [-0.05, 0) is 43.8 Å². The number of allylic oxidation sites excluding steroid dienone is 3. The molecule has 0 rings (SSSR count). The van der Waals surface area contributed by atoms with Crippen LogP contribution in [0.25, 0.3) is 0 Å². The molecule has 1 atom stereocenters. The van der Waals surface area contributed by atoms with Crippen molar-refractivity contribution >= 4 is 8.32 Å². The van der Waals surface area contributed by atoms with Crippen molar-refractivity contribution in [3.05, 3.63) is 24.3 Å². The van der Waals surface area contributed by atoms with Crippen LogP contribution in [-0.2, 0) is 4.43 Å². The molecule has 0 N–H and O–H groups in total. The predicted octanol–water partition coefficient (Wildman–Crippen LogP) is 9.99. The number of hydrogen-bond acceptors (Lipinski definition) is 1. The van der Waals surface area contributed by atoms with Gasteiger partial charge >= 0.3 is 0 Å². The third-order valence-corrected chi connectivity index (χ3v) is 10.9. The molecule has 0 aromatic heterocycles. The first-order valence-electron chi connectivity index (χ1n) is 12.7. The minimum Gasteiger partial charge on any atom is -0.414 e. The van der Waals surface area contributed by atoms with Crippen LogP contribution in [0.3, 0.4) is 0 Å². The summed E-state index contributed by atoms with van der Waals surface area (Å²) < 4.78 is 6.79. The van der Waals surface area contributed by atoms with Gasteiger partial charge in [-0.15, -0.1) is 0 Å². The standard InChI is InChI=1S/C27H54OSi/c1-8-10-12-14-16-18-20-22-24-26(28-29(6,7)27(3,4)5)25-23-21-19-17-15-13-11-9-2/h16,18,20,22,26H,8-15,17,19,21,23-25H2,1-7H3/b18-16-,22-20+. The third-order valence-electron chi connectivity index (χ3n) is 6.40. The molecule has 0 aromatic rings. The molecule has 0 aliphatic carbocycles. The zero-order valence-corrected chi connectivity index (χ0v) is 22.2. The van der Waals surface area contributed by atoms with Crippen molar-refractivity contribution in [3.8, 4) is 0 Å². The first-order chi connectivity index (χ1) is 13.7. The second-order valence-corrected chi connectivity index (χ2v) is 15.1. The molecule has 0 aliphatic rings. The van der Waals surface area contributed by atoms with Crippen LogP contribution in [0.2, 0.25) is 18.1 Å². The predicted molar refractivity (Wildman–Crippen MR) is 136 cm³/mol. The Morgan fingerprint density at radius 2 is 1.24 bits per heavy atom. The van der Waals surface area contributed by atoms with E-state index in [1.165, 1.54) is 83.5 Å². The Balaban J connectivity index is 4.40. The van der Waals surface area contributed by atoms with Crippen molar-refractivity contribution in [1.29, 1.82) is 0 Å². The maximum atomic E-state index is 6.79. The maximum Gasteiger partial charge on any atom is 0.192 e. The molecule has 0 saturated carbocycles. The Hall–Kier alpha value is -0.343. The van der Waals surface area contributed by atoms with E-state index < -0.39 is 8.32 Å². The van der Waals surface area contributed by atoms with Gasteiger partial charge in [-0.1, -0.05) is 123 Å². The Bertz CT molecular complexity index is 417. The van der Waals surface area contributed by atoms with Crippen molar-refractivity contribution < 1.29 is 4.43 Å². The van der Waals surface area contributed by atoms with Gasteiger partial charge in [0, 0.05) is 6.10 Å². The van der Waals surface area contributed by atoms with E-state index in [1.807, 2.05) is 0 Å². The van der Waals surface area contributed by atoms with Gasteiger partial charge in [0.25, 0.3) is 0 Å². The molecule has 0 bridgehead atoms. The number of hydrogen-bond donors (Lipinski definition) is 0. The molecule has 0 radical (unpaired) electrons. The topological polar surface area (TPSA) is 9.23 Å². The first-order valence-corrected chi connectivity index (χ1v) is 15.6. The molecule has 2 heteroatoms. The molecule has 1 nitrogen and oxygen atoms in total. The lowest BCUT2D eigenvalue weighted by Gasteiger charge is -2.39. The van der Waals surface area contributed by atoms with Crippen LogP contribution >= 0.6 is 0 Å². The highest BCUT2D eigenvalue weighted by Crippen LogP contribution is 2.38. The molecule has 0 aliphatic heterocycles. The Labute approximate surface area is 185 Å². The van der Waals surface area contributed by atoms with Crippen LogP contribution in [-0.4, -0.2) is 14.4 Å². The van der Waals surface area contributed by atoms with Gasteiger partial charge in [0.15, 0.2) is 8.32 Å². The fraction of sp³-hybridized carbons (Fsp3) is 0.852. The lowest BCUT2D eigenvalue weighted by atomic mass is 10.0. The molecule has 172 valence electrons. The normalized spacial score (nSPS) is 14.3. The van der Waals surface area contributed by atoms with Crippen LogP contribution in [0, 0.1) is 0 Å². The van der Waals surface area contributed by atoms with E-state index in [9.17, 15) is 0 Å². The average Bonchev–Trinajstić information content (AvgIpc) is 2.64. The van der Waals surface area contributed by atoms with Gasteiger partial charge in [-0.2, -0.15) is 0 Å². The second kappa shape index (κ2) is 17.3. The van der Waals surface area contributed by atoms with Gasteiger partial charge < -0.3 is 4.43 Å². The number of unbranched alkanes of at least 4 members (excludes halogenated alkanes) is 10. The molecule has 0 amide bonds.